The van der Waals surface area contributed by atoms with Crippen LogP contribution in [-0.2, 0) is 6.18 Å². The third-order valence-electron chi connectivity index (χ3n) is 3.37. The molecule has 0 aliphatic carbocycles. The van der Waals surface area contributed by atoms with Gasteiger partial charge in [0.05, 0.1) is 11.6 Å². The highest BCUT2D eigenvalue weighted by Gasteiger charge is 2.37. The smallest absolute Gasteiger partial charge is 0.420 e. The van der Waals surface area contributed by atoms with E-state index in [0.29, 0.717) is 16.7 Å². The summed E-state index contributed by atoms with van der Waals surface area (Å²) in [6.45, 7) is 0. The standard InChI is InChI=1S/C18H10F3NO/c19-18(20,21)15-10-16(13-8-6-12(11-22)7-9-13)23-17(15)14-4-2-1-3-5-14/h1-10H. The first kappa shape index (κ1) is 14.9. The van der Waals surface area contributed by atoms with Gasteiger partial charge >= 0.3 is 6.18 Å². The van der Waals surface area contributed by atoms with Gasteiger partial charge in [0.25, 0.3) is 0 Å². The molecule has 23 heavy (non-hydrogen) atoms. The van der Waals surface area contributed by atoms with Crippen molar-refractivity contribution in [3.8, 4) is 28.7 Å². The molecular weight excluding hydrogens is 303 g/mol. The highest BCUT2D eigenvalue weighted by Crippen LogP contribution is 2.41. The number of alkyl halides is 3. The van der Waals surface area contributed by atoms with E-state index < -0.39 is 11.7 Å². The summed E-state index contributed by atoms with van der Waals surface area (Å²) < 4.78 is 45.3. The minimum atomic E-state index is -4.51. The fourth-order valence-corrected chi connectivity index (χ4v) is 2.26. The van der Waals surface area contributed by atoms with Gasteiger partial charge in [0, 0.05) is 11.1 Å². The first-order chi connectivity index (χ1) is 11.0. The van der Waals surface area contributed by atoms with Crippen molar-refractivity contribution >= 4 is 0 Å². The molecule has 0 radical (unpaired) electrons. The number of nitrogens with zero attached hydrogens (tertiary/aromatic N) is 1. The van der Waals surface area contributed by atoms with Gasteiger partial charge in [-0.05, 0) is 30.3 Å². The molecular formula is C18H10F3NO. The van der Waals surface area contributed by atoms with Crippen LogP contribution in [0.15, 0.2) is 65.1 Å². The van der Waals surface area contributed by atoms with E-state index in [1.54, 1.807) is 42.5 Å². The van der Waals surface area contributed by atoms with Crippen LogP contribution in [0.4, 0.5) is 13.2 Å². The van der Waals surface area contributed by atoms with Crippen LogP contribution < -0.4 is 0 Å². The van der Waals surface area contributed by atoms with Gasteiger partial charge in [-0.2, -0.15) is 18.4 Å². The normalized spacial score (nSPS) is 11.2. The second-order valence-corrected chi connectivity index (χ2v) is 4.91. The third-order valence-corrected chi connectivity index (χ3v) is 3.37. The number of hydrogen-bond acceptors (Lipinski definition) is 2. The maximum Gasteiger partial charge on any atom is 0.420 e. The van der Waals surface area contributed by atoms with E-state index in [1.807, 2.05) is 6.07 Å². The van der Waals surface area contributed by atoms with Gasteiger partial charge in [-0.15, -0.1) is 0 Å². The molecule has 2 nitrogen and oxygen atoms in total. The molecule has 0 N–H and O–H groups in total. The fourth-order valence-electron chi connectivity index (χ4n) is 2.26. The Hall–Kier alpha value is -3.00. The van der Waals surface area contributed by atoms with Crippen LogP contribution in [0.5, 0.6) is 0 Å². The molecule has 1 heterocycles. The topological polar surface area (TPSA) is 36.9 Å². The Bertz CT molecular complexity index is 856. The van der Waals surface area contributed by atoms with E-state index in [1.165, 1.54) is 12.1 Å². The Balaban J connectivity index is 2.13. The maximum absolute atomic E-state index is 13.3. The molecule has 0 fully saturated rings. The Kier molecular flexibility index (Phi) is 3.67. The second kappa shape index (κ2) is 5.65. The number of nitriles is 1. The van der Waals surface area contributed by atoms with E-state index in [0.717, 1.165) is 6.07 Å². The number of furan rings is 1. The summed E-state index contributed by atoms with van der Waals surface area (Å²) >= 11 is 0. The molecule has 0 saturated carbocycles. The SMILES string of the molecule is N#Cc1ccc(-c2cc(C(F)(F)F)c(-c3ccccc3)o2)cc1. The first-order valence-electron chi connectivity index (χ1n) is 6.76. The summed E-state index contributed by atoms with van der Waals surface area (Å²) in [6, 6.07) is 17.3. The van der Waals surface area contributed by atoms with Crippen molar-refractivity contribution in [1.29, 1.82) is 5.26 Å². The molecule has 2 aromatic carbocycles. The van der Waals surface area contributed by atoms with E-state index in [-0.39, 0.29) is 11.5 Å². The summed E-state index contributed by atoms with van der Waals surface area (Å²) in [5.41, 5.74) is 0.457. The van der Waals surface area contributed by atoms with Crippen molar-refractivity contribution in [2.24, 2.45) is 0 Å². The molecule has 114 valence electrons. The molecule has 0 amide bonds. The van der Waals surface area contributed by atoms with Crippen LogP contribution in [0.1, 0.15) is 11.1 Å². The molecule has 0 aliphatic heterocycles. The number of benzene rings is 2. The Morgan fingerprint density at radius 1 is 0.870 bits per heavy atom. The summed E-state index contributed by atoms with van der Waals surface area (Å²) in [5.74, 6) is -0.0990. The van der Waals surface area contributed by atoms with Crippen LogP contribution >= 0.6 is 0 Å². The zero-order valence-electron chi connectivity index (χ0n) is 11.8. The Labute approximate surface area is 130 Å². The summed E-state index contributed by atoms with van der Waals surface area (Å²) in [5, 5.41) is 8.78. The van der Waals surface area contributed by atoms with Crippen molar-refractivity contribution < 1.29 is 17.6 Å². The van der Waals surface area contributed by atoms with Crippen molar-refractivity contribution in [2.45, 2.75) is 6.18 Å². The highest BCUT2D eigenvalue weighted by molar-refractivity contribution is 5.69. The van der Waals surface area contributed by atoms with Crippen LogP contribution in [0.2, 0.25) is 0 Å². The molecule has 0 saturated heterocycles. The monoisotopic (exact) mass is 313 g/mol. The number of rotatable bonds is 2. The minimum absolute atomic E-state index is 0.112. The average Bonchev–Trinajstić information content (AvgIpc) is 3.01. The average molecular weight is 313 g/mol. The zero-order valence-corrected chi connectivity index (χ0v) is 11.8. The minimum Gasteiger partial charge on any atom is -0.455 e. The predicted octanol–water partition coefficient (Wildman–Crippen LogP) is 5.50. The molecule has 3 rings (SSSR count). The van der Waals surface area contributed by atoms with Crippen molar-refractivity contribution in [3.63, 3.8) is 0 Å². The zero-order chi connectivity index (χ0) is 16.4. The third kappa shape index (κ3) is 2.97. The molecule has 3 aromatic rings. The lowest BCUT2D eigenvalue weighted by Crippen LogP contribution is -2.04. The van der Waals surface area contributed by atoms with Gasteiger partial charge in [-0.3, -0.25) is 0 Å². The van der Waals surface area contributed by atoms with Gasteiger partial charge < -0.3 is 4.42 Å². The Morgan fingerprint density at radius 2 is 1.52 bits per heavy atom. The van der Waals surface area contributed by atoms with Crippen molar-refractivity contribution in [3.05, 3.63) is 71.8 Å². The molecule has 5 heteroatoms. The molecule has 0 spiro atoms. The van der Waals surface area contributed by atoms with E-state index in [4.69, 9.17) is 9.68 Å². The van der Waals surface area contributed by atoms with E-state index in [2.05, 4.69) is 0 Å². The van der Waals surface area contributed by atoms with Crippen LogP contribution in [-0.4, -0.2) is 0 Å². The van der Waals surface area contributed by atoms with E-state index >= 15 is 0 Å². The van der Waals surface area contributed by atoms with E-state index in [9.17, 15) is 13.2 Å². The van der Waals surface area contributed by atoms with Gasteiger partial charge in [0.2, 0.25) is 0 Å². The van der Waals surface area contributed by atoms with Crippen LogP contribution in [0, 0.1) is 11.3 Å². The lowest BCUT2D eigenvalue weighted by molar-refractivity contribution is -0.137. The lowest BCUT2D eigenvalue weighted by atomic mass is 10.1. The van der Waals surface area contributed by atoms with Crippen LogP contribution in [0.25, 0.3) is 22.6 Å². The van der Waals surface area contributed by atoms with Crippen molar-refractivity contribution in [1.82, 2.24) is 0 Å². The molecule has 1 aromatic heterocycles. The molecule has 0 atom stereocenters. The molecule has 0 aliphatic rings. The predicted molar refractivity (Wildman–Crippen MR) is 79.3 cm³/mol. The largest absolute Gasteiger partial charge is 0.455 e. The fraction of sp³-hybridized carbons (Fsp3) is 0.0556. The number of hydrogen-bond donors (Lipinski definition) is 0. The van der Waals surface area contributed by atoms with Gasteiger partial charge in [-0.25, -0.2) is 0 Å². The van der Waals surface area contributed by atoms with Gasteiger partial charge in [-0.1, -0.05) is 30.3 Å². The van der Waals surface area contributed by atoms with Gasteiger partial charge in [0.15, 0.2) is 0 Å². The second-order valence-electron chi connectivity index (χ2n) is 4.91. The molecule has 0 bridgehead atoms. The van der Waals surface area contributed by atoms with Crippen molar-refractivity contribution in [2.75, 3.05) is 0 Å². The maximum atomic E-state index is 13.3. The Morgan fingerprint density at radius 3 is 2.09 bits per heavy atom. The molecule has 0 unspecified atom stereocenters. The van der Waals surface area contributed by atoms with Crippen LogP contribution in [0.3, 0.4) is 0 Å². The summed E-state index contributed by atoms with van der Waals surface area (Å²) in [4.78, 5) is 0. The van der Waals surface area contributed by atoms with Gasteiger partial charge in [0.1, 0.15) is 17.1 Å². The number of halogens is 3. The summed E-state index contributed by atoms with van der Waals surface area (Å²) in [7, 11) is 0. The summed E-state index contributed by atoms with van der Waals surface area (Å²) in [6.07, 6.45) is -4.51. The highest BCUT2D eigenvalue weighted by atomic mass is 19.4. The first-order valence-corrected chi connectivity index (χ1v) is 6.76. The lowest BCUT2D eigenvalue weighted by Gasteiger charge is -2.05. The quantitative estimate of drug-likeness (QED) is 0.626.